The van der Waals surface area contributed by atoms with E-state index in [-0.39, 0.29) is 5.54 Å². The molecule has 3 heteroatoms. The number of para-hydroxylation sites is 2. The highest BCUT2D eigenvalue weighted by Crippen LogP contribution is 2.42. The van der Waals surface area contributed by atoms with Gasteiger partial charge in [-0.2, -0.15) is 0 Å². The number of anilines is 1. The first kappa shape index (κ1) is 20.3. The second kappa shape index (κ2) is 8.57. The molecule has 0 aliphatic carbocycles. The Balaban J connectivity index is 1.25. The van der Waals surface area contributed by atoms with Gasteiger partial charge in [0.05, 0.1) is 16.9 Å². The quantitative estimate of drug-likeness (QED) is 0.392. The van der Waals surface area contributed by atoms with Gasteiger partial charge in [-0.15, -0.1) is 0 Å². The summed E-state index contributed by atoms with van der Waals surface area (Å²) in [7, 11) is 0. The van der Waals surface area contributed by atoms with Crippen LogP contribution >= 0.6 is 0 Å². The van der Waals surface area contributed by atoms with E-state index in [1.54, 1.807) is 0 Å². The fourth-order valence-electron chi connectivity index (χ4n) is 5.95. The SMILES string of the molecule is c1ccc(C(CCN2CCCC3(C2)Nc2ccccc2-n2cccc23)c2ccccc2)cc1. The summed E-state index contributed by atoms with van der Waals surface area (Å²) in [6.45, 7) is 3.31. The fourth-order valence-corrected chi connectivity index (χ4v) is 5.95. The molecule has 1 atom stereocenters. The molecule has 3 heterocycles. The molecule has 3 aromatic carbocycles. The number of hydrogen-bond acceptors (Lipinski definition) is 2. The Kier molecular flexibility index (Phi) is 5.27. The first-order chi connectivity index (χ1) is 16.3. The van der Waals surface area contributed by atoms with E-state index in [0.29, 0.717) is 5.92 Å². The Morgan fingerprint density at radius 3 is 2.24 bits per heavy atom. The second-order valence-corrected chi connectivity index (χ2v) is 9.53. The number of rotatable bonds is 5. The highest BCUT2D eigenvalue weighted by Gasteiger charge is 2.42. The Labute approximate surface area is 196 Å². The number of likely N-dealkylation sites (tertiary alicyclic amines) is 1. The fraction of sp³-hybridized carbons (Fsp3) is 0.267. The zero-order valence-corrected chi connectivity index (χ0v) is 19.0. The molecule has 1 spiro atoms. The van der Waals surface area contributed by atoms with Crippen LogP contribution in [0.4, 0.5) is 5.69 Å². The molecule has 0 bridgehead atoms. The smallest absolute Gasteiger partial charge is 0.0908 e. The number of fused-ring (bicyclic) bond motifs is 4. The molecule has 1 aromatic heterocycles. The van der Waals surface area contributed by atoms with Crippen molar-refractivity contribution >= 4 is 5.69 Å². The van der Waals surface area contributed by atoms with Gasteiger partial charge < -0.3 is 14.8 Å². The van der Waals surface area contributed by atoms with E-state index in [9.17, 15) is 0 Å². The molecule has 0 saturated carbocycles. The molecule has 3 nitrogen and oxygen atoms in total. The lowest BCUT2D eigenvalue weighted by molar-refractivity contribution is 0.153. The number of nitrogens with one attached hydrogen (secondary N) is 1. The Hall–Kier alpha value is -3.30. The van der Waals surface area contributed by atoms with Crippen molar-refractivity contribution in [3.8, 4) is 5.69 Å². The van der Waals surface area contributed by atoms with Crippen LogP contribution in [0.2, 0.25) is 0 Å². The van der Waals surface area contributed by atoms with Crippen molar-refractivity contribution in [2.45, 2.75) is 30.7 Å². The summed E-state index contributed by atoms with van der Waals surface area (Å²) < 4.78 is 2.39. The van der Waals surface area contributed by atoms with Crippen molar-refractivity contribution in [2.24, 2.45) is 0 Å². The summed E-state index contributed by atoms with van der Waals surface area (Å²) in [5, 5.41) is 3.97. The maximum absolute atomic E-state index is 3.97. The van der Waals surface area contributed by atoms with Crippen LogP contribution in [0.3, 0.4) is 0 Å². The van der Waals surface area contributed by atoms with Gasteiger partial charge in [0.15, 0.2) is 0 Å². The van der Waals surface area contributed by atoms with Gasteiger partial charge in [0.1, 0.15) is 0 Å². The third-order valence-electron chi connectivity index (χ3n) is 7.49. The minimum atomic E-state index is -0.0227. The topological polar surface area (TPSA) is 20.2 Å². The Bertz CT molecular complexity index is 1170. The summed E-state index contributed by atoms with van der Waals surface area (Å²) >= 11 is 0. The van der Waals surface area contributed by atoms with Gasteiger partial charge in [-0.25, -0.2) is 0 Å². The third kappa shape index (κ3) is 3.77. The van der Waals surface area contributed by atoms with Crippen LogP contribution in [0.5, 0.6) is 0 Å². The molecule has 2 aliphatic heterocycles. The second-order valence-electron chi connectivity index (χ2n) is 9.53. The Morgan fingerprint density at radius 2 is 1.48 bits per heavy atom. The lowest BCUT2D eigenvalue weighted by Crippen LogP contribution is -2.53. The number of aromatic nitrogens is 1. The molecule has 1 saturated heterocycles. The molecule has 2 aliphatic rings. The highest BCUT2D eigenvalue weighted by atomic mass is 15.2. The van der Waals surface area contributed by atoms with Crippen molar-refractivity contribution < 1.29 is 0 Å². The van der Waals surface area contributed by atoms with Gasteiger partial charge in [0, 0.05) is 24.4 Å². The van der Waals surface area contributed by atoms with E-state index in [1.165, 1.54) is 47.6 Å². The maximum atomic E-state index is 3.97. The highest BCUT2D eigenvalue weighted by molar-refractivity contribution is 5.67. The van der Waals surface area contributed by atoms with Crippen molar-refractivity contribution in [2.75, 3.05) is 25.0 Å². The standard InChI is InChI=1S/C30H31N3/c1-3-11-24(12-4-1)26(25-13-5-2-6-14-25)18-22-32-20-10-19-30(23-32)29-17-9-21-33(29)28-16-8-7-15-27(28)31-30/h1-9,11-17,21,26,31H,10,18-20,22-23H2. The van der Waals surface area contributed by atoms with Crippen LogP contribution in [0.25, 0.3) is 5.69 Å². The number of hydrogen-bond donors (Lipinski definition) is 1. The van der Waals surface area contributed by atoms with Crippen molar-refractivity contribution in [3.63, 3.8) is 0 Å². The number of benzene rings is 3. The molecule has 1 unspecified atom stereocenters. The van der Waals surface area contributed by atoms with E-state index < -0.39 is 0 Å². The van der Waals surface area contributed by atoms with Crippen LogP contribution in [0, 0.1) is 0 Å². The zero-order chi connectivity index (χ0) is 22.1. The molecule has 0 radical (unpaired) electrons. The molecule has 166 valence electrons. The van der Waals surface area contributed by atoms with Gasteiger partial charge in [0.2, 0.25) is 0 Å². The van der Waals surface area contributed by atoms with Gasteiger partial charge in [0.25, 0.3) is 0 Å². The normalized spacial score (nSPS) is 19.8. The average Bonchev–Trinajstić information content (AvgIpc) is 3.38. The predicted octanol–water partition coefficient (Wildman–Crippen LogP) is 6.42. The summed E-state index contributed by atoms with van der Waals surface area (Å²) in [5.41, 5.74) is 6.70. The lowest BCUT2D eigenvalue weighted by atomic mass is 9.83. The molecular weight excluding hydrogens is 402 g/mol. The minimum absolute atomic E-state index is 0.0227. The van der Waals surface area contributed by atoms with Crippen LogP contribution in [0.15, 0.2) is 103 Å². The lowest BCUT2D eigenvalue weighted by Gasteiger charge is -2.47. The Morgan fingerprint density at radius 1 is 0.788 bits per heavy atom. The summed E-state index contributed by atoms with van der Waals surface area (Å²) in [5.74, 6) is 0.425. The van der Waals surface area contributed by atoms with Crippen LogP contribution in [-0.4, -0.2) is 29.1 Å². The molecule has 1 fully saturated rings. The molecular formula is C30H31N3. The zero-order valence-electron chi connectivity index (χ0n) is 19.0. The number of nitrogens with zero attached hydrogens (tertiary/aromatic N) is 2. The van der Waals surface area contributed by atoms with Crippen LogP contribution in [-0.2, 0) is 5.54 Å². The molecule has 0 amide bonds. The summed E-state index contributed by atoms with van der Waals surface area (Å²) in [6.07, 6.45) is 5.72. The summed E-state index contributed by atoms with van der Waals surface area (Å²) in [4.78, 5) is 2.68. The minimum Gasteiger partial charge on any atom is -0.371 e. The van der Waals surface area contributed by atoms with Gasteiger partial charge in [-0.05, 0) is 67.7 Å². The molecule has 33 heavy (non-hydrogen) atoms. The van der Waals surface area contributed by atoms with E-state index in [1.807, 2.05) is 0 Å². The van der Waals surface area contributed by atoms with E-state index in [2.05, 4.69) is 118 Å². The summed E-state index contributed by atoms with van der Waals surface area (Å²) in [6, 6.07) is 35.2. The molecule has 4 aromatic rings. The van der Waals surface area contributed by atoms with Crippen LogP contribution < -0.4 is 5.32 Å². The van der Waals surface area contributed by atoms with E-state index in [4.69, 9.17) is 0 Å². The monoisotopic (exact) mass is 433 g/mol. The largest absolute Gasteiger partial charge is 0.371 e. The van der Waals surface area contributed by atoms with E-state index >= 15 is 0 Å². The van der Waals surface area contributed by atoms with E-state index in [0.717, 1.165) is 19.5 Å². The van der Waals surface area contributed by atoms with Crippen LogP contribution in [0.1, 0.15) is 42.0 Å². The predicted molar refractivity (Wildman–Crippen MR) is 136 cm³/mol. The molecule has 6 rings (SSSR count). The van der Waals surface area contributed by atoms with Crippen molar-refractivity contribution in [1.29, 1.82) is 0 Å². The van der Waals surface area contributed by atoms with Gasteiger partial charge in [-0.3, -0.25) is 0 Å². The first-order valence-corrected chi connectivity index (χ1v) is 12.2. The first-order valence-electron chi connectivity index (χ1n) is 12.2. The molecule has 1 N–H and O–H groups in total. The third-order valence-corrected chi connectivity index (χ3v) is 7.49. The van der Waals surface area contributed by atoms with Crippen molar-refractivity contribution in [1.82, 2.24) is 9.47 Å². The van der Waals surface area contributed by atoms with Gasteiger partial charge >= 0.3 is 0 Å². The average molecular weight is 434 g/mol. The van der Waals surface area contributed by atoms with Crippen molar-refractivity contribution in [3.05, 3.63) is 120 Å². The maximum Gasteiger partial charge on any atom is 0.0908 e. The number of piperidine rings is 1. The van der Waals surface area contributed by atoms with Gasteiger partial charge in [-0.1, -0.05) is 72.8 Å².